The van der Waals surface area contributed by atoms with Gasteiger partial charge in [0, 0.05) is 10.2 Å². The van der Waals surface area contributed by atoms with E-state index in [1.165, 1.54) is 24.3 Å². The molecule has 0 spiro atoms. The Morgan fingerprint density at radius 2 is 1.56 bits per heavy atom. The summed E-state index contributed by atoms with van der Waals surface area (Å²) >= 11 is 3.09. The van der Waals surface area contributed by atoms with Crippen LogP contribution in [0.5, 0.6) is 0 Å². The van der Waals surface area contributed by atoms with E-state index in [2.05, 4.69) is 20.7 Å². The van der Waals surface area contributed by atoms with Crippen LogP contribution in [-0.4, -0.2) is 30.3 Å². The van der Waals surface area contributed by atoms with E-state index >= 15 is 0 Å². The van der Waals surface area contributed by atoms with Gasteiger partial charge in [-0.1, -0.05) is 15.9 Å². The number of amides is 1. The van der Waals surface area contributed by atoms with Crippen LogP contribution in [0.4, 0.5) is 32.0 Å². The van der Waals surface area contributed by atoms with Gasteiger partial charge in [-0.2, -0.15) is 31.6 Å². The number of esters is 1. The van der Waals surface area contributed by atoms with Gasteiger partial charge in [-0.3, -0.25) is 9.59 Å². The van der Waals surface area contributed by atoms with Crippen LogP contribution in [-0.2, 0) is 14.3 Å². The predicted octanol–water partition coefficient (Wildman–Crippen LogP) is 3.56. The highest BCUT2D eigenvalue weighted by Crippen LogP contribution is 2.36. The van der Waals surface area contributed by atoms with Crippen molar-refractivity contribution in [3.8, 4) is 6.07 Å². The van der Waals surface area contributed by atoms with Gasteiger partial charge in [-0.25, -0.2) is 0 Å². The van der Waals surface area contributed by atoms with Crippen LogP contribution in [0.15, 0.2) is 28.7 Å². The first-order valence-corrected chi connectivity index (χ1v) is 6.95. The summed E-state index contributed by atoms with van der Waals surface area (Å²) in [7, 11) is 0. The summed E-state index contributed by atoms with van der Waals surface area (Å²) in [5, 5.41) is 10.7. The molecule has 12 heteroatoms. The number of ether oxygens (including phenoxy) is 1. The molecule has 0 radical (unpaired) electrons. The summed E-state index contributed by atoms with van der Waals surface area (Å²) < 4.78 is 78.0. The Balaban J connectivity index is 2.91. The van der Waals surface area contributed by atoms with E-state index in [9.17, 15) is 35.9 Å². The van der Waals surface area contributed by atoms with Crippen molar-refractivity contribution in [3.05, 3.63) is 28.7 Å². The van der Waals surface area contributed by atoms with Gasteiger partial charge >= 0.3 is 18.3 Å². The molecule has 5 nitrogen and oxygen atoms in total. The van der Waals surface area contributed by atoms with Crippen molar-refractivity contribution in [3.63, 3.8) is 0 Å². The van der Waals surface area contributed by atoms with Gasteiger partial charge in [0.2, 0.25) is 5.92 Å². The largest absolute Gasteiger partial charge is 0.441 e. The molecule has 25 heavy (non-hydrogen) atoms. The molecule has 0 aliphatic carbocycles. The van der Waals surface area contributed by atoms with E-state index in [0.717, 1.165) is 6.07 Å². The lowest BCUT2D eigenvalue weighted by Crippen LogP contribution is -2.47. The summed E-state index contributed by atoms with van der Waals surface area (Å²) in [5.41, 5.74) is 0.0597. The molecule has 0 aromatic heterocycles. The first-order valence-electron chi connectivity index (χ1n) is 6.16. The lowest BCUT2D eigenvalue weighted by molar-refractivity contribution is -0.313. The first kappa shape index (κ1) is 20.8. The van der Waals surface area contributed by atoms with E-state index < -0.39 is 36.3 Å². The van der Waals surface area contributed by atoms with Crippen molar-refractivity contribution >= 4 is 33.5 Å². The van der Waals surface area contributed by atoms with Crippen molar-refractivity contribution in [2.45, 2.75) is 18.5 Å². The Labute approximate surface area is 144 Å². The summed E-state index contributed by atoms with van der Waals surface area (Å²) in [6.45, 7) is 0. The van der Waals surface area contributed by atoms with Gasteiger partial charge in [0.15, 0.2) is 0 Å². The molecule has 0 heterocycles. The predicted molar refractivity (Wildman–Crippen MR) is 73.9 cm³/mol. The van der Waals surface area contributed by atoms with Crippen molar-refractivity contribution < 1.29 is 40.7 Å². The number of carbonyl (C=O) groups excluding carboxylic acids is 2. The summed E-state index contributed by atoms with van der Waals surface area (Å²) in [6.07, 6.45) is -16.3. The monoisotopic (exact) mass is 432 g/mol. The Morgan fingerprint density at radius 3 is 1.96 bits per heavy atom. The Morgan fingerprint density at radius 1 is 1.08 bits per heavy atom. The van der Waals surface area contributed by atoms with Crippen molar-refractivity contribution in [2.24, 2.45) is 5.92 Å². The Bertz CT molecular complexity index is 667. The second kappa shape index (κ2) is 7.73. The van der Waals surface area contributed by atoms with E-state index in [4.69, 9.17) is 5.26 Å². The average Bonchev–Trinajstić information content (AvgIpc) is 2.45. The van der Waals surface area contributed by atoms with Gasteiger partial charge in [0.25, 0.3) is 12.0 Å². The number of halogens is 7. The number of nitriles is 1. The SMILES string of the molecule is N#CC(C(=O)Nc1ccc(Br)cc1)C(=O)OC(C(F)(F)F)C(F)(F)F. The van der Waals surface area contributed by atoms with Crippen molar-refractivity contribution in [1.82, 2.24) is 0 Å². The van der Waals surface area contributed by atoms with Crippen LogP contribution in [0.1, 0.15) is 0 Å². The maximum absolute atomic E-state index is 12.3. The van der Waals surface area contributed by atoms with E-state index in [1.54, 1.807) is 0 Å². The fourth-order valence-corrected chi connectivity index (χ4v) is 1.73. The van der Waals surface area contributed by atoms with Crippen molar-refractivity contribution in [2.75, 3.05) is 5.32 Å². The van der Waals surface area contributed by atoms with Crippen molar-refractivity contribution in [1.29, 1.82) is 5.26 Å². The van der Waals surface area contributed by atoms with Crippen LogP contribution >= 0.6 is 15.9 Å². The third-order valence-corrected chi connectivity index (χ3v) is 3.10. The third-order valence-electron chi connectivity index (χ3n) is 2.57. The fraction of sp³-hybridized carbons (Fsp3) is 0.308. The van der Waals surface area contributed by atoms with Gasteiger partial charge < -0.3 is 10.1 Å². The minimum atomic E-state index is -5.95. The minimum Gasteiger partial charge on any atom is -0.441 e. The van der Waals surface area contributed by atoms with Crippen LogP contribution in [0.25, 0.3) is 0 Å². The fourth-order valence-electron chi connectivity index (χ4n) is 1.47. The molecule has 1 N–H and O–H groups in total. The molecule has 0 aliphatic heterocycles. The number of alkyl halides is 6. The smallest absolute Gasteiger partial charge is 0.434 e. The highest BCUT2D eigenvalue weighted by atomic mass is 79.9. The molecular weight excluding hydrogens is 426 g/mol. The zero-order valence-corrected chi connectivity index (χ0v) is 13.4. The first-order chi connectivity index (χ1) is 11.4. The topological polar surface area (TPSA) is 79.2 Å². The average molecular weight is 433 g/mol. The van der Waals surface area contributed by atoms with Gasteiger partial charge in [-0.15, -0.1) is 0 Å². The molecule has 0 aliphatic rings. The number of rotatable bonds is 4. The highest BCUT2D eigenvalue weighted by Gasteiger charge is 2.60. The van der Waals surface area contributed by atoms with Crippen LogP contribution in [0.2, 0.25) is 0 Å². The maximum Gasteiger partial charge on any atom is 0.434 e. The molecular formula is C13H7BrF6N2O3. The summed E-state index contributed by atoms with van der Waals surface area (Å²) in [6, 6.07) is 6.56. The standard InChI is InChI=1S/C13H7BrF6N2O3/c14-6-1-3-7(4-2-6)22-9(23)8(5-21)10(24)25-11(12(15,16)17)13(18,19)20/h1-4,8,11H,(H,22,23). The molecule has 0 saturated heterocycles. The number of hydrogen-bond acceptors (Lipinski definition) is 4. The molecule has 1 aromatic rings. The molecule has 0 fully saturated rings. The second-order valence-corrected chi connectivity index (χ2v) is 5.37. The highest BCUT2D eigenvalue weighted by molar-refractivity contribution is 9.10. The summed E-state index contributed by atoms with van der Waals surface area (Å²) in [5.74, 6) is -6.22. The number of hydrogen-bond donors (Lipinski definition) is 1. The third kappa shape index (κ3) is 5.93. The normalized spacial score (nSPS) is 13.1. The second-order valence-electron chi connectivity index (χ2n) is 4.46. The molecule has 0 saturated carbocycles. The molecule has 136 valence electrons. The van der Waals surface area contributed by atoms with E-state index in [-0.39, 0.29) is 5.69 Å². The zero-order chi connectivity index (χ0) is 19.4. The van der Waals surface area contributed by atoms with E-state index in [0.29, 0.717) is 4.47 Å². The van der Waals surface area contributed by atoms with Crippen LogP contribution < -0.4 is 5.32 Å². The Hall–Kier alpha value is -2.29. The maximum atomic E-state index is 12.3. The summed E-state index contributed by atoms with van der Waals surface area (Å²) in [4.78, 5) is 23.2. The zero-order valence-electron chi connectivity index (χ0n) is 11.8. The van der Waals surface area contributed by atoms with E-state index in [1.807, 2.05) is 5.32 Å². The molecule has 1 unspecified atom stereocenters. The number of nitrogens with zero attached hydrogens (tertiary/aromatic N) is 1. The number of nitrogens with one attached hydrogen (secondary N) is 1. The van der Waals surface area contributed by atoms with Gasteiger partial charge in [0.05, 0.1) is 6.07 Å². The van der Waals surface area contributed by atoms with Crippen LogP contribution in [0, 0.1) is 17.2 Å². The number of anilines is 1. The van der Waals surface area contributed by atoms with Crippen LogP contribution in [0.3, 0.4) is 0 Å². The lowest BCUT2D eigenvalue weighted by atomic mass is 10.1. The molecule has 1 amide bonds. The molecule has 1 rings (SSSR count). The molecule has 1 aromatic carbocycles. The van der Waals surface area contributed by atoms with Gasteiger partial charge in [0.1, 0.15) is 0 Å². The number of carbonyl (C=O) groups is 2. The molecule has 0 bridgehead atoms. The Kier molecular flexibility index (Phi) is 6.42. The number of benzene rings is 1. The molecule has 1 atom stereocenters. The minimum absolute atomic E-state index is 0.0597. The quantitative estimate of drug-likeness (QED) is 0.448. The van der Waals surface area contributed by atoms with Gasteiger partial charge in [-0.05, 0) is 24.3 Å². The lowest BCUT2D eigenvalue weighted by Gasteiger charge is -2.23.